The van der Waals surface area contributed by atoms with Gasteiger partial charge in [-0.2, -0.15) is 0 Å². The molecular formula is C12H25NO3S. The van der Waals surface area contributed by atoms with Gasteiger partial charge in [0.2, 0.25) is 5.91 Å². The van der Waals surface area contributed by atoms with Crippen molar-refractivity contribution >= 4 is 15.7 Å². The molecule has 0 rings (SSSR count). The van der Waals surface area contributed by atoms with Crippen LogP contribution in [0.25, 0.3) is 0 Å². The molecule has 0 bridgehead atoms. The lowest BCUT2D eigenvalue weighted by atomic mass is 10.0. The van der Waals surface area contributed by atoms with Crippen molar-refractivity contribution in [2.24, 2.45) is 5.92 Å². The van der Waals surface area contributed by atoms with Gasteiger partial charge in [-0.1, -0.05) is 20.8 Å². The number of carbonyl (C=O) groups is 1. The van der Waals surface area contributed by atoms with Gasteiger partial charge in [-0.25, -0.2) is 8.42 Å². The maximum absolute atomic E-state index is 11.7. The van der Waals surface area contributed by atoms with Crippen LogP contribution < -0.4 is 5.32 Å². The molecule has 0 fully saturated rings. The SMILES string of the molecule is CCC(C)(C)NC(=O)CS(=O)(=O)CCC(C)C. The van der Waals surface area contributed by atoms with Crippen LogP contribution in [0.4, 0.5) is 0 Å². The van der Waals surface area contributed by atoms with Gasteiger partial charge in [0.15, 0.2) is 9.84 Å². The van der Waals surface area contributed by atoms with E-state index in [0.717, 1.165) is 6.42 Å². The first-order valence-corrected chi connectivity index (χ1v) is 7.91. The first-order chi connectivity index (χ1) is 7.58. The molecule has 102 valence electrons. The van der Waals surface area contributed by atoms with Gasteiger partial charge in [-0.05, 0) is 32.6 Å². The van der Waals surface area contributed by atoms with E-state index in [1.54, 1.807) is 0 Å². The molecular weight excluding hydrogens is 238 g/mol. The fourth-order valence-electron chi connectivity index (χ4n) is 1.19. The van der Waals surface area contributed by atoms with Crippen molar-refractivity contribution in [2.45, 2.75) is 53.0 Å². The van der Waals surface area contributed by atoms with E-state index >= 15 is 0 Å². The molecule has 0 radical (unpaired) electrons. The highest BCUT2D eigenvalue weighted by Crippen LogP contribution is 2.08. The van der Waals surface area contributed by atoms with Gasteiger partial charge in [0.05, 0.1) is 5.75 Å². The minimum Gasteiger partial charge on any atom is -0.350 e. The molecule has 17 heavy (non-hydrogen) atoms. The van der Waals surface area contributed by atoms with Crippen LogP contribution in [0.1, 0.15) is 47.5 Å². The average molecular weight is 263 g/mol. The predicted molar refractivity (Wildman–Crippen MR) is 70.6 cm³/mol. The molecule has 0 aromatic rings. The molecule has 0 aliphatic carbocycles. The summed E-state index contributed by atoms with van der Waals surface area (Å²) in [7, 11) is -3.27. The summed E-state index contributed by atoms with van der Waals surface area (Å²) in [4.78, 5) is 11.6. The van der Waals surface area contributed by atoms with E-state index in [-0.39, 0.29) is 11.3 Å². The summed E-state index contributed by atoms with van der Waals surface area (Å²) in [5.74, 6) is -0.381. The van der Waals surface area contributed by atoms with Crippen molar-refractivity contribution in [3.63, 3.8) is 0 Å². The highest BCUT2D eigenvalue weighted by atomic mass is 32.2. The van der Waals surface area contributed by atoms with Crippen LogP contribution in [-0.2, 0) is 14.6 Å². The van der Waals surface area contributed by atoms with E-state index in [0.29, 0.717) is 12.3 Å². The Morgan fingerprint density at radius 3 is 2.24 bits per heavy atom. The minimum absolute atomic E-state index is 0.0879. The molecule has 0 heterocycles. The van der Waals surface area contributed by atoms with E-state index < -0.39 is 21.5 Å². The van der Waals surface area contributed by atoms with Crippen LogP contribution in [0.15, 0.2) is 0 Å². The second-order valence-corrected chi connectivity index (χ2v) is 7.74. The van der Waals surface area contributed by atoms with Gasteiger partial charge < -0.3 is 5.32 Å². The molecule has 0 saturated heterocycles. The number of carbonyl (C=O) groups excluding carboxylic acids is 1. The van der Waals surface area contributed by atoms with E-state index in [1.807, 2.05) is 34.6 Å². The predicted octanol–water partition coefficient (Wildman–Crippen LogP) is 1.75. The topological polar surface area (TPSA) is 63.2 Å². The zero-order valence-corrected chi connectivity index (χ0v) is 12.4. The smallest absolute Gasteiger partial charge is 0.235 e. The summed E-state index contributed by atoms with van der Waals surface area (Å²) in [6.07, 6.45) is 1.37. The van der Waals surface area contributed by atoms with E-state index in [2.05, 4.69) is 5.32 Å². The molecule has 0 saturated carbocycles. The van der Waals surface area contributed by atoms with Crippen LogP contribution in [-0.4, -0.2) is 31.4 Å². The van der Waals surface area contributed by atoms with Gasteiger partial charge in [-0.3, -0.25) is 4.79 Å². The lowest BCUT2D eigenvalue weighted by molar-refractivity contribution is -0.120. The summed E-state index contributed by atoms with van der Waals surface area (Å²) in [6.45, 7) is 9.65. The standard InChI is InChI=1S/C12H25NO3S/c1-6-12(4,5)13-11(14)9-17(15,16)8-7-10(2)3/h10H,6-9H2,1-5H3,(H,13,14). The number of amides is 1. The quantitative estimate of drug-likeness (QED) is 0.761. The van der Waals surface area contributed by atoms with Crippen LogP contribution in [0.3, 0.4) is 0 Å². The molecule has 0 aliphatic heterocycles. The molecule has 0 aliphatic rings. The molecule has 4 nitrogen and oxygen atoms in total. The second-order valence-electron chi connectivity index (χ2n) is 5.56. The van der Waals surface area contributed by atoms with Crippen molar-refractivity contribution < 1.29 is 13.2 Å². The van der Waals surface area contributed by atoms with Crippen molar-refractivity contribution in [1.82, 2.24) is 5.32 Å². The number of hydrogen-bond donors (Lipinski definition) is 1. The highest BCUT2D eigenvalue weighted by Gasteiger charge is 2.22. The summed E-state index contributed by atoms with van der Waals surface area (Å²) < 4.78 is 23.3. The molecule has 0 unspecified atom stereocenters. The number of hydrogen-bond acceptors (Lipinski definition) is 3. The maximum atomic E-state index is 11.7. The first-order valence-electron chi connectivity index (χ1n) is 6.09. The molecule has 1 amide bonds. The first kappa shape index (κ1) is 16.4. The number of rotatable bonds is 7. The van der Waals surface area contributed by atoms with Gasteiger partial charge in [0.1, 0.15) is 5.75 Å². The molecule has 1 N–H and O–H groups in total. The molecule has 0 atom stereocenters. The molecule has 0 aromatic heterocycles. The van der Waals surface area contributed by atoms with Gasteiger partial charge in [0.25, 0.3) is 0 Å². The fourth-order valence-corrected chi connectivity index (χ4v) is 2.64. The fraction of sp³-hybridized carbons (Fsp3) is 0.917. The number of sulfone groups is 1. The Balaban J connectivity index is 4.29. The van der Waals surface area contributed by atoms with E-state index in [9.17, 15) is 13.2 Å². The Bertz CT molecular complexity index is 345. The lowest BCUT2D eigenvalue weighted by Crippen LogP contribution is -2.45. The van der Waals surface area contributed by atoms with Crippen molar-refractivity contribution in [3.05, 3.63) is 0 Å². The van der Waals surface area contributed by atoms with E-state index in [4.69, 9.17) is 0 Å². The summed E-state index contributed by atoms with van der Waals surface area (Å²) in [6, 6.07) is 0. The Kier molecular flexibility index (Phi) is 6.16. The Morgan fingerprint density at radius 1 is 1.29 bits per heavy atom. The average Bonchev–Trinajstić information content (AvgIpc) is 2.13. The van der Waals surface area contributed by atoms with Crippen LogP contribution in [0, 0.1) is 5.92 Å². The highest BCUT2D eigenvalue weighted by molar-refractivity contribution is 7.92. The van der Waals surface area contributed by atoms with Gasteiger partial charge in [0, 0.05) is 5.54 Å². The van der Waals surface area contributed by atoms with Crippen molar-refractivity contribution in [1.29, 1.82) is 0 Å². The third-order valence-corrected chi connectivity index (χ3v) is 4.28. The normalized spacial score (nSPS) is 12.8. The minimum atomic E-state index is -3.27. The number of nitrogens with one attached hydrogen (secondary N) is 1. The zero-order valence-electron chi connectivity index (χ0n) is 11.5. The Labute approximate surface area is 105 Å². The Hall–Kier alpha value is -0.580. The van der Waals surface area contributed by atoms with E-state index in [1.165, 1.54) is 0 Å². The zero-order chi connectivity index (χ0) is 13.7. The maximum Gasteiger partial charge on any atom is 0.235 e. The summed E-state index contributed by atoms with van der Waals surface area (Å²) in [5.41, 5.74) is -0.343. The molecule has 0 aromatic carbocycles. The third kappa shape index (κ3) is 8.18. The lowest BCUT2D eigenvalue weighted by Gasteiger charge is -2.24. The second kappa shape index (κ2) is 6.38. The van der Waals surface area contributed by atoms with Crippen LogP contribution in [0.5, 0.6) is 0 Å². The summed E-state index contributed by atoms with van der Waals surface area (Å²) >= 11 is 0. The third-order valence-electron chi connectivity index (χ3n) is 2.72. The van der Waals surface area contributed by atoms with Crippen molar-refractivity contribution in [2.75, 3.05) is 11.5 Å². The van der Waals surface area contributed by atoms with Gasteiger partial charge in [-0.15, -0.1) is 0 Å². The van der Waals surface area contributed by atoms with Crippen LogP contribution in [0.2, 0.25) is 0 Å². The summed E-state index contributed by atoms with van der Waals surface area (Å²) in [5, 5.41) is 2.73. The molecule has 5 heteroatoms. The van der Waals surface area contributed by atoms with Gasteiger partial charge >= 0.3 is 0 Å². The van der Waals surface area contributed by atoms with Crippen molar-refractivity contribution in [3.8, 4) is 0 Å². The largest absolute Gasteiger partial charge is 0.350 e. The Morgan fingerprint density at radius 2 is 1.82 bits per heavy atom. The monoisotopic (exact) mass is 263 g/mol. The van der Waals surface area contributed by atoms with Crippen LogP contribution >= 0.6 is 0 Å². The molecule has 0 spiro atoms.